The quantitative estimate of drug-likeness (QED) is 0.640. The van der Waals surface area contributed by atoms with Crippen molar-refractivity contribution in [1.29, 1.82) is 0 Å². The van der Waals surface area contributed by atoms with Crippen LogP contribution < -0.4 is 5.32 Å². The molecule has 0 spiro atoms. The fourth-order valence-electron chi connectivity index (χ4n) is 3.44. The molecule has 0 radical (unpaired) electrons. The van der Waals surface area contributed by atoms with Gasteiger partial charge < -0.3 is 19.4 Å². The predicted octanol–water partition coefficient (Wildman–Crippen LogP) is 2.43. The van der Waals surface area contributed by atoms with Crippen molar-refractivity contribution in [2.45, 2.75) is 32.0 Å². The van der Waals surface area contributed by atoms with Crippen LogP contribution in [0.2, 0.25) is 0 Å². The fraction of sp³-hybridized carbons (Fsp3) is 0.400. The first-order valence-corrected chi connectivity index (χ1v) is 9.65. The summed E-state index contributed by atoms with van der Waals surface area (Å²) >= 11 is 0. The van der Waals surface area contributed by atoms with Gasteiger partial charge in [-0.15, -0.1) is 0 Å². The molecule has 11 heteroatoms. The normalized spacial score (nSPS) is 17.8. The van der Waals surface area contributed by atoms with E-state index in [1.54, 1.807) is 6.92 Å². The summed E-state index contributed by atoms with van der Waals surface area (Å²) in [6, 6.07) is 2.77. The zero-order valence-electron chi connectivity index (χ0n) is 16.6. The lowest BCUT2D eigenvalue weighted by atomic mass is 10.1. The van der Waals surface area contributed by atoms with E-state index in [1.807, 2.05) is 0 Å². The van der Waals surface area contributed by atoms with Crippen LogP contribution in [0.25, 0.3) is 11.0 Å². The number of rotatable bonds is 6. The first kappa shape index (κ1) is 21.2. The Hall–Kier alpha value is -3.05. The molecular formula is C20H20F3N5O3. The summed E-state index contributed by atoms with van der Waals surface area (Å²) in [6.07, 6.45) is -0.616. The summed E-state index contributed by atoms with van der Waals surface area (Å²) in [5, 5.41) is 2.76. The predicted molar refractivity (Wildman–Crippen MR) is 103 cm³/mol. The number of hydrogen-bond acceptors (Lipinski definition) is 6. The summed E-state index contributed by atoms with van der Waals surface area (Å²) in [6.45, 7) is 1.82. The number of nitrogens with one attached hydrogen (secondary N) is 1. The zero-order valence-corrected chi connectivity index (χ0v) is 16.6. The van der Waals surface area contributed by atoms with Gasteiger partial charge in [0.1, 0.15) is 29.5 Å². The summed E-state index contributed by atoms with van der Waals surface area (Å²) in [7, 11) is 0. The SMILES string of the molecule is Cc1cnc(C(=O)NC(c2nc3cc(F)ccc3n2CC(F)F)C2COCCO2)cn1. The molecule has 4 rings (SSSR count). The highest BCUT2D eigenvalue weighted by molar-refractivity contribution is 5.92. The Morgan fingerprint density at radius 2 is 2.13 bits per heavy atom. The van der Waals surface area contributed by atoms with Crippen molar-refractivity contribution in [3.8, 4) is 0 Å². The average molecular weight is 435 g/mol. The Kier molecular flexibility index (Phi) is 6.14. The molecule has 31 heavy (non-hydrogen) atoms. The molecule has 2 atom stereocenters. The molecule has 1 saturated heterocycles. The van der Waals surface area contributed by atoms with Crippen molar-refractivity contribution in [2.75, 3.05) is 19.8 Å². The highest BCUT2D eigenvalue weighted by Gasteiger charge is 2.33. The first-order chi connectivity index (χ1) is 14.9. The van der Waals surface area contributed by atoms with Gasteiger partial charge in [0.05, 0.1) is 49.3 Å². The number of alkyl halides is 2. The Morgan fingerprint density at radius 1 is 1.29 bits per heavy atom. The molecule has 1 aromatic carbocycles. The van der Waals surface area contributed by atoms with Crippen molar-refractivity contribution < 1.29 is 27.4 Å². The van der Waals surface area contributed by atoms with E-state index >= 15 is 0 Å². The van der Waals surface area contributed by atoms with E-state index < -0.39 is 36.8 Å². The number of hydrogen-bond donors (Lipinski definition) is 1. The number of benzene rings is 1. The molecule has 1 aliphatic rings. The third-order valence-electron chi connectivity index (χ3n) is 4.85. The standard InChI is InChI=1S/C20H20F3N5O3/c1-11-7-25-14(8-24-11)20(29)27-18(16-10-30-4-5-31-16)19-26-13-6-12(21)2-3-15(13)28(19)9-17(22)23/h2-3,6-8,16-18H,4-5,9-10H2,1H3,(H,27,29). The molecule has 0 bridgehead atoms. The van der Waals surface area contributed by atoms with Gasteiger partial charge in [-0.25, -0.2) is 23.1 Å². The summed E-state index contributed by atoms with van der Waals surface area (Å²) in [5.41, 5.74) is 1.21. The van der Waals surface area contributed by atoms with Gasteiger partial charge >= 0.3 is 0 Å². The zero-order chi connectivity index (χ0) is 22.0. The molecule has 1 aliphatic heterocycles. The van der Waals surface area contributed by atoms with Gasteiger partial charge in [0.15, 0.2) is 0 Å². The van der Waals surface area contributed by atoms with E-state index in [0.717, 1.165) is 6.07 Å². The lowest BCUT2D eigenvalue weighted by molar-refractivity contribution is -0.102. The minimum absolute atomic E-state index is 0.0508. The molecule has 2 aromatic heterocycles. The molecule has 3 aromatic rings. The highest BCUT2D eigenvalue weighted by atomic mass is 19.3. The molecule has 3 heterocycles. The number of ether oxygens (including phenoxy) is 2. The number of carbonyl (C=O) groups is 1. The molecule has 1 amide bonds. The van der Waals surface area contributed by atoms with Crippen LogP contribution in [0.3, 0.4) is 0 Å². The van der Waals surface area contributed by atoms with Crippen LogP contribution in [0, 0.1) is 12.7 Å². The molecule has 164 valence electrons. The van der Waals surface area contributed by atoms with E-state index in [1.165, 1.54) is 29.1 Å². The number of carbonyl (C=O) groups excluding carboxylic acids is 1. The average Bonchev–Trinajstić information content (AvgIpc) is 3.09. The number of halogens is 3. The van der Waals surface area contributed by atoms with Gasteiger partial charge in [0, 0.05) is 12.3 Å². The van der Waals surface area contributed by atoms with Crippen LogP contribution in [-0.2, 0) is 16.0 Å². The molecule has 1 N–H and O–H groups in total. The number of amides is 1. The third-order valence-corrected chi connectivity index (χ3v) is 4.85. The first-order valence-electron chi connectivity index (χ1n) is 9.65. The highest BCUT2D eigenvalue weighted by Crippen LogP contribution is 2.27. The van der Waals surface area contributed by atoms with Crippen molar-refractivity contribution in [2.24, 2.45) is 0 Å². The lowest BCUT2D eigenvalue weighted by Crippen LogP contribution is -2.44. The van der Waals surface area contributed by atoms with Crippen LogP contribution in [0.15, 0.2) is 30.6 Å². The number of fused-ring (bicyclic) bond motifs is 1. The summed E-state index contributed by atoms with van der Waals surface area (Å²) < 4.78 is 52.9. The number of nitrogens with zero attached hydrogens (tertiary/aromatic N) is 4. The minimum Gasteiger partial charge on any atom is -0.376 e. The Morgan fingerprint density at radius 3 is 2.81 bits per heavy atom. The summed E-state index contributed by atoms with van der Waals surface area (Å²) in [4.78, 5) is 25.3. The maximum atomic E-state index is 13.7. The van der Waals surface area contributed by atoms with Gasteiger partial charge in [0.25, 0.3) is 12.3 Å². The van der Waals surface area contributed by atoms with E-state index in [9.17, 15) is 18.0 Å². The number of aromatic nitrogens is 4. The van der Waals surface area contributed by atoms with E-state index in [4.69, 9.17) is 9.47 Å². The van der Waals surface area contributed by atoms with Crippen LogP contribution in [0.5, 0.6) is 0 Å². The monoisotopic (exact) mass is 435 g/mol. The molecule has 1 fully saturated rings. The number of aryl methyl sites for hydroxylation is 1. The van der Waals surface area contributed by atoms with E-state index in [-0.39, 0.29) is 30.2 Å². The van der Waals surface area contributed by atoms with Crippen LogP contribution in [-0.4, -0.2) is 57.8 Å². The van der Waals surface area contributed by atoms with Crippen LogP contribution >= 0.6 is 0 Å². The van der Waals surface area contributed by atoms with E-state index in [2.05, 4.69) is 20.3 Å². The second-order valence-electron chi connectivity index (χ2n) is 7.08. The number of imidazole rings is 1. The van der Waals surface area contributed by atoms with E-state index in [0.29, 0.717) is 17.8 Å². The third kappa shape index (κ3) is 4.67. The van der Waals surface area contributed by atoms with Gasteiger partial charge in [0.2, 0.25) is 0 Å². The topological polar surface area (TPSA) is 91.2 Å². The molecule has 0 saturated carbocycles. The van der Waals surface area contributed by atoms with Gasteiger partial charge in [-0.2, -0.15) is 0 Å². The maximum absolute atomic E-state index is 13.7. The van der Waals surface area contributed by atoms with Crippen LogP contribution in [0.1, 0.15) is 28.0 Å². The van der Waals surface area contributed by atoms with Crippen molar-refractivity contribution in [1.82, 2.24) is 24.8 Å². The maximum Gasteiger partial charge on any atom is 0.272 e. The lowest BCUT2D eigenvalue weighted by Gasteiger charge is -2.31. The second-order valence-corrected chi connectivity index (χ2v) is 7.08. The van der Waals surface area contributed by atoms with Gasteiger partial charge in [-0.3, -0.25) is 9.78 Å². The Balaban J connectivity index is 1.76. The molecule has 0 aliphatic carbocycles. The second kappa shape index (κ2) is 8.98. The minimum atomic E-state index is -2.69. The smallest absolute Gasteiger partial charge is 0.272 e. The molecule has 8 nitrogen and oxygen atoms in total. The Labute approximate surface area is 175 Å². The fourth-order valence-corrected chi connectivity index (χ4v) is 3.44. The van der Waals surface area contributed by atoms with Crippen molar-refractivity contribution >= 4 is 16.9 Å². The Bertz CT molecular complexity index is 1070. The molecular weight excluding hydrogens is 415 g/mol. The van der Waals surface area contributed by atoms with Gasteiger partial charge in [-0.1, -0.05) is 0 Å². The molecule has 2 unspecified atom stereocenters. The van der Waals surface area contributed by atoms with Crippen molar-refractivity contribution in [3.05, 3.63) is 53.6 Å². The largest absolute Gasteiger partial charge is 0.376 e. The van der Waals surface area contributed by atoms with Crippen LogP contribution in [0.4, 0.5) is 13.2 Å². The van der Waals surface area contributed by atoms with Crippen molar-refractivity contribution in [3.63, 3.8) is 0 Å². The van der Waals surface area contributed by atoms with Gasteiger partial charge in [-0.05, 0) is 19.1 Å². The summed E-state index contributed by atoms with van der Waals surface area (Å²) in [5.74, 6) is -1.01.